The van der Waals surface area contributed by atoms with Gasteiger partial charge < -0.3 is 19.2 Å². The first-order valence-corrected chi connectivity index (χ1v) is 5.86. The zero-order valence-corrected chi connectivity index (χ0v) is 10.6. The summed E-state index contributed by atoms with van der Waals surface area (Å²) in [7, 11) is 1.61. The fourth-order valence-corrected chi connectivity index (χ4v) is 1.51. The van der Waals surface area contributed by atoms with E-state index in [-0.39, 0.29) is 11.7 Å². The van der Waals surface area contributed by atoms with Gasteiger partial charge in [-0.2, -0.15) is 0 Å². The highest BCUT2D eigenvalue weighted by molar-refractivity contribution is 6.02. The molecule has 5 nitrogen and oxygen atoms in total. The number of ether oxygens (including phenoxy) is 2. The van der Waals surface area contributed by atoms with Gasteiger partial charge in [-0.05, 0) is 24.3 Å². The van der Waals surface area contributed by atoms with Gasteiger partial charge in [0.15, 0.2) is 5.76 Å². The van der Waals surface area contributed by atoms with Crippen molar-refractivity contribution in [3.05, 3.63) is 48.4 Å². The lowest BCUT2D eigenvalue weighted by molar-refractivity contribution is 0.0996. The average Bonchev–Trinajstić information content (AvgIpc) is 2.93. The normalized spacial score (nSPS) is 10.2. The summed E-state index contributed by atoms with van der Waals surface area (Å²) in [6.07, 6.45) is 1.46. The number of hydrogen-bond acceptors (Lipinski definition) is 4. The first-order valence-electron chi connectivity index (χ1n) is 5.86. The summed E-state index contributed by atoms with van der Waals surface area (Å²) in [6, 6.07) is 10.4. The first-order chi connectivity index (χ1) is 9.29. The number of anilines is 1. The van der Waals surface area contributed by atoms with Crippen LogP contribution in [0.25, 0.3) is 0 Å². The SMILES string of the molecule is COCCOc1cccc(NC(=O)c2ccco2)c1. The summed E-state index contributed by atoms with van der Waals surface area (Å²) in [5.74, 6) is 0.652. The molecule has 5 heteroatoms. The van der Waals surface area contributed by atoms with Crippen LogP contribution in [0.5, 0.6) is 5.75 Å². The molecule has 1 N–H and O–H groups in total. The Bertz CT molecular complexity index is 522. The summed E-state index contributed by atoms with van der Waals surface area (Å²) in [6.45, 7) is 0.981. The molecule has 0 saturated carbocycles. The lowest BCUT2D eigenvalue weighted by Gasteiger charge is -2.08. The van der Waals surface area contributed by atoms with Gasteiger partial charge in [-0.15, -0.1) is 0 Å². The maximum absolute atomic E-state index is 11.8. The molecule has 1 aromatic carbocycles. The summed E-state index contributed by atoms with van der Waals surface area (Å²) in [4.78, 5) is 11.8. The van der Waals surface area contributed by atoms with Crippen molar-refractivity contribution >= 4 is 11.6 Å². The third kappa shape index (κ3) is 3.86. The molecule has 1 amide bonds. The molecule has 0 atom stereocenters. The predicted molar refractivity (Wildman–Crippen MR) is 70.5 cm³/mol. The van der Waals surface area contributed by atoms with Crippen LogP contribution in [0, 0.1) is 0 Å². The van der Waals surface area contributed by atoms with Gasteiger partial charge in [0.1, 0.15) is 12.4 Å². The van der Waals surface area contributed by atoms with E-state index in [0.717, 1.165) is 0 Å². The van der Waals surface area contributed by atoms with E-state index >= 15 is 0 Å². The second-order valence-corrected chi connectivity index (χ2v) is 3.80. The summed E-state index contributed by atoms with van der Waals surface area (Å²) in [5, 5.41) is 2.73. The quantitative estimate of drug-likeness (QED) is 0.812. The highest BCUT2D eigenvalue weighted by Gasteiger charge is 2.08. The molecule has 1 aromatic heterocycles. The molecule has 0 aliphatic heterocycles. The molecule has 0 spiro atoms. The van der Waals surface area contributed by atoms with Gasteiger partial charge in [0, 0.05) is 18.9 Å². The lowest BCUT2D eigenvalue weighted by Crippen LogP contribution is -2.11. The number of furan rings is 1. The monoisotopic (exact) mass is 261 g/mol. The fourth-order valence-electron chi connectivity index (χ4n) is 1.51. The van der Waals surface area contributed by atoms with Crippen LogP contribution in [0.4, 0.5) is 5.69 Å². The van der Waals surface area contributed by atoms with Crippen LogP contribution in [0.2, 0.25) is 0 Å². The Balaban J connectivity index is 1.97. The van der Waals surface area contributed by atoms with Crippen molar-refractivity contribution < 1.29 is 18.7 Å². The van der Waals surface area contributed by atoms with Gasteiger partial charge in [0.25, 0.3) is 5.91 Å². The van der Waals surface area contributed by atoms with Gasteiger partial charge in [0.05, 0.1) is 12.9 Å². The minimum Gasteiger partial charge on any atom is -0.491 e. The Labute approximate surface area is 111 Å². The van der Waals surface area contributed by atoms with E-state index in [1.807, 2.05) is 6.07 Å². The highest BCUT2D eigenvalue weighted by atomic mass is 16.5. The van der Waals surface area contributed by atoms with Crippen LogP contribution in [0.3, 0.4) is 0 Å². The van der Waals surface area contributed by atoms with E-state index < -0.39 is 0 Å². The molecule has 0 fully saturated rings. The van der Waals surface area contributed by atoms with Gasteiger partial charge in [-0.3, -0.25) is 4.79 Å². The first kappa shape index (κ1) is 13.2. The van der Waals surface area contributed by atoms with E-state index in [4.69, 9.17) is 13.9 Å². The van der Waals surface area contributed by atoms with Crippen molar-refractivity contribution in [2.75, 3.05) is 25.6 Å². The second-order valence-electron chi connectivity index (χ2n) is 3.80. The van der Waals surface area contributed by atoms with Gasteiger partial charge in [-0.25, -0.2) is 0 Å². The molecule has 0 aliphatic rings. The third-order valence-electron chi connectivity index (χ3n) is 2.39. The number of nitrogens with one attached hydrogen (secondary N) is 1. The number of methoxy groups -OCH3 is 1. The number of carbonyl (C=O) groups is 1. The van der Waals surface area contributed by atoms with Crippen molar-refractivity contribution in [3.8, 4) is 5.75 Å². The predicted octanol–water partition coefficient (Wildman–Crippen LogP) is 2.56. The number of carbonyl (C=O) groups excluding carboxylic acids is 1. The zero-order chi connectivity index (χ0) is 13.5. The van der Waals surface area contributed by atoms with Gasteiger partial charge in [-0.1, -0.05) is 6.07 Å². The topological polar surface area (TPSA) is 60.7 Å². The smallest absolute Gasteiger partial charge is 0.291 e. The molecule has 0 aliphatic carbocycles. The molecule has 2 aromatic rings. The van der Waals surface area contributed by atoms with E-state index in [9.17, 15) is 4.79 Å². The molecule has 1 heterocycles. The Morgan fingerprint density at radius 3 is 2.89 bits per heavy atom. The minimum absolute atomic E-state index is 0.269. The van der Waals surface area contributed by atoms with Crippen LogP contribution in [-0.2, 0) is 4.74 Å². The van der Waals surface area contributed by atoms with Crippen molar-refractivity contribution in [1.29, 1.82) is 0 Å². The standard InChI is InChI=1S/C14H15NO4/c1-17-8-9-18-12-5-2-4-11(10-12)15-14(16)13-6-3-7-19-13/h2-7,10H,8-9H2,1H3,(H,15,16). The highest BCUT2D eigenvalue weighted by Crippen LogP contribution is 2.18. The number of rotatable bonds is 6. The molecule has 0 unspecified atom stereocenters. The van der Waals surface area contributed by atoms with Gasteiger partial charge >= 0.3 is 0 Å². The summed E-state index contributed by atoms with van der Waals surface area (Å²) >= 11 is 0. The van der Waals surface area contributed by atoms with E-state index in [2.05, 4.69) is 5.32 Å². The van der Waals surface area contributed by atoms with Crippen LogP contribution in [-0.4, -0.2) is 26.2 Å². The molecule has 100 valence electrons. The number of hydrogen-bond donors (Lipinski definition) is 1. The Kier molecular flexibility index (Phi) is 4.58. The van der Waals surface area contributed by atoms with Crippen molar-refractivity contribution in [1.82, 2.24) is 0 Å². The second kappa shape index (κ2) is 6.61. The number of amides is 1. The Hall–Kier alpha value is -2.27. The average molecular weight is 261 g/mol. The van der Waals surface area contributed by atoms with E-state index in [1.54, 1.807) is 37.4 Å². The van der Waals surface area contributed by atoms with Crippen LogP contribution in [0.1, 0.15) is 10.6 Å². The third-order valence-corrected chi connectivity index (χ3v) is 2.39. The van der Waals surface area contributed by atoms with Crippen LogP contribution in [0.15, 0.2) is 47.1 Å². The number of benzene rings is 1. The Morgan fingerprint density at radius 2 is 2.16 bits per heavy atom. The molecular formula is C14H15NO4. The Morgan fingerprint density at radius 1 is 1.26 bits per heavy atom. The lowest BCUT2D eigenvalue weighted by atomic mass is 10.3. The van der Waals surface area contributed by atoms with Crippen LogP contribution >= 0.6 is 0 Å². The van der Waals surface area contributed by atoms with Crippen LogP contribution < -0.4 is 10.1 Å². The van der Waals surface area contributed by atoms with Crippen molar-refractivity contribution in [2.45, 2.75) is 0 Å². The van der Waals surface area contributed by atoms with E-state index in [0.29, 0.717) is 24.7 Å². The largest absolute Gasteiger partial charge is 0.491 e. The molecule has 0 radical (unpaired) electrons. The minimum atomic E-state index is -0.293. The molecular weight excluding hydrogens is 246 g/mol. The fraction of sp³-hybridized carbons (Fsp3) is 0.214. The molecule has 2 rings (SSSR count). The molecule has 19 heavy (non-hydrogen) atoms. The van der Waals surface area contributed by atoms with Gasteiger partial charge in [0.2, 0.25) is 0 Å². The molecule has 0 bridgehead atoms. The maximum Gasteiger partial charge on any atom is 0.291 e. The maximum atomic E-state index is 11.8. The summed E-state index contributed by atoms with van der Waals surface area (Å²) in [5.41, 5.74) is 0.649. The summed E-state index contributed by atoms with van der Waals surface area (Å²) < 4.78 is 15.4. The van der Waals surface area contributed by atoms with Crippen molar-refractivity contribution in [3.63, 3.8) is 0 Å². The van der Waals surface area contributed by atoms with Crippen molar-refractivity contribution in [2.24, 2.45) is 0 Å². The van der Waals surface area contributed by atoms with E-state index in [1.165, 1.54) is 6.26 Å². The molecule has 0 saturated heterocycles. The zero-order valence-electron chi connectivity index (χ0n) is 10.6.